The molecule has 0 bridgehead atoms. The van der Waals surface area contributed by atoms with Gasteiger partial charge in [0.2, 0.25) is 4.96 Å². The average molecular weight is 528 g/mol. The Morgan fingerprint density at radius 2 is 1.97 bits per heavy atom. The smallest absolute Gasteiger partial charge is 0.328 e. The Hall–Kier alpha value is -3.58. The molecule has 11 nitrogen and oxygen atoms in total. The van der Waals surface area contributed by atoms with Gasteiger partial charge in [0, 0.05) is 36.2 Å². The minimum absolute atomic E-state index is 0.0409. The third kappa shape index (κ3) is 4.75. The van der Waals surface area contributed by atoms with Crippen molar-refractivity contribution < 1.29 is 17.7 Å². The molecular formula is C23H25N7O4S2. The van der Waals surface area contributed by atoms with Gasteiger partial charge in [-0.2, -0.15) is 4.98 Å². The Morgan fingerprint density at radius 3 is 2.58 bits per heavy atom. The maximum atomic E-state index is 11.8. The summed E-state index contributed by atoms with van der Waals surface area (Å²) in [5.74, 6) is 0.881. The molecule has 0 spiro atoms. The van der Waals surface area contributed by atoms with Crippen LogP contribution in [-0.2, 0) is 9.84 Å². The number of aromatic nitrogens is 6. The normalized spacial score (nSPS) is 15.1. The number of ether oxygens (including phenoxy) is 1. The van der Waals surface area contributed by atoms with E-state index < -0.39 is 9.84 Å². The molecule has 0 saturated carbocycles. The van der Waals surface area contributed by atoms with E-state index in [1.54, 1.807) is 23.7 Å². The molecule has 0 fully saturated rings. The van der Waals surface area contributed by atoms with Crippen LogP contribution in [-0.4, -0.2) is 57.0 Å². The van der Waals surface area contributed by atoms with Gasteiger partial charge >= 0.3 is 6.01 Å². The van der Waals surface area contributed by atoms with Crippen molar-refractivity contribution in [3.63, 3.8) is 0 Å². The molecule has 1 aliphatic rings. The molecule has 0 aliphatic carbocycles. The first-order chi connectivity index (χ1) is 17.1. The fraction of sp³-hybridized carbons (Fsp3) is 0.348. The molecule has 1 aliphatic heterocycles. The van der Waals surface area contributed by atoms with Crippen molar-refractivity contribution in [3.05, 3.63) is 53.8 Å². The number of hydrogen-bond acceptors (Lipinski definition) is 11. The van der Waals surface area contributed by atoms with E-state index in [0.29, 0.717) is 39.9 Å². The van der Waals surface area contributed by atoms with Gasteiger partial charge in [-0.25, -0.2) is 22.9 Å². The Morgan fingerprint density at radius 1 is 1.17 bits per heavy atom. The van der Waals surface area contributed by atoms with Gasteiger partial charge in [0.15, 0.2) is 20.7 Å². The Balaban J connectivity index is 1.26. The molecule has 0 amide bonds. The standard InChI is InChI=1S/C23H25N7O4S2/c1-13(2)20-26-21(34-28-20)29-10-8-16(9-11-29)15(4)33-23-27-30-12-18(25-22(30)35-23)17-6-7-19(24-14(17)3)36(5,31)32/h6-10,12-13,15H,11H2,1-5H3/t15-/m0/s1. The molecule has 4 aromatic rings. The fourth-order valence-electron chi connectivity index (χ4n) is 3.62. The first-order valence-corrected chi connectivity index (χ1v) is 14.0. The van der Waals surface area contributed by atoms with Gasteiger partial charge in [0.1, 0.15) is 6.10 Å². The summed E-state index contributed by atoms with van der Waals surface area (Å²) in [5, 5.41) is 9.05. The summed E-state index contributed by atoms with van der Waals surface area (Å²) in [6.07, 6.45) is 8.61. The zero-order chi connectivity index (χ0) is 25.6. The molecule has 13 heteroatoms. The minimum atomic E-state index is -3.37. The van der Waals surface area contributed by atoms with Crippen molar-refractivity contribution in [2.24, 2.45) is 0 Å². The van der Waals surface area contributed by atoms with E-state index in [0.717, 1.165) is 17.4 Å². The van der Waals surface area contributed by atoms with Crippen LogP contribution in [0.5, 0.6) is 5.19 Å². The first-order valence-electron chi connectivity index (χ1n) is 11.3. The third-order valence-corrected chi connectivity index (χ3v) is 7.45. The molecule has 1 atom stereocenters. The molecule has 0 unspecified atom stereocenters. The highest BCUT2D eigenvalue weighted by atomic mass is 32.2. The van der Waals surface area contributed by atoms with Crippen molar-refractivity contribution in [2.45, 2.75) is 44.7 Å². The highest BCUT2D eigenvalue weighted by Crippen LogP contribution is 2.29. The number of pyridine rings is 1. The van der Waals surface area contributed by atoms with Crippen LogP contribution in [0.1, 0.15) is 38.2 Å². The van der Waals surface area contributed by atoms with Crippen molar-refractivity contribution in [1.29, 1.82) is 0 Å². The van der Waals surface area contributed by atoms with E-state index in [2.05, 4.69) is 31.3 Å². The third-order valence-electron chi connectivity index (χ3n) is 5.65. The minimum Gasteiger partial charge on any atom is -0.461 e. The van der Waals surface area contributed by atoms with E-state index in [1.165, 1.54) is 17.4 Å². The second-order valence-corrected chi connectivity index (χ2v) is 11.7. The van der Waals surface area contributed by atoms with E-state index in [9.17, 15) is 8.42 Å². The van der Waals surface area contributed by atoms with Crippen molar-refractivity contribution in [3.8, 4) is 16.5 Å². The number of rotatable bonds is 7. The van der Waals surface area contributed by atoms with Gasteiger partial charge in [-0.05, 0) is 49.0 Å². The zero-order valence-corrected chi connectivity index (χ0v) is 22.0. The van der Waals surface area contributed by atoms with Gasteiger partial charge < -0.3 is 9.26 Å². The Labute approximate surface area is 212 Å². The number of aryl methyl sites for hydroxylation is 1. The average Bonchev–Trinajstić information content (AvgIpc) is 3.54. The molecule has 0 N–H and O–H groups in total. The Bertz CT molecular complexity index is 1570. The van der Waals surface area contributed by atoms with Crippen LogP contribution in [0.4, 0.5) is 6.01 Å². The van der Waals surface area contributed by atoms with Crippen LogP contribution >= 0.6 is 11.3 Å². The van der Waals surface area contributed by atoms with Crippen LogP contribution in [0.15, 0.2) is 51.8 Å². The highest BCUT2D eigenvalue weighted by molar-refractivity contribution is 7.90. The molecule has 0 radical (unpaired) electrons. The summed E-state index contributed by atoms with van der Waals surface area (Å²) in [7, 11) is -3.37. The maximum absolute atomic E-state index is 11.8. The van der Waals surface area contributed by atoms with Crippen LogP contribution in [0.3, 0.4) is 0 Å². The molecule has 36 heavy (non-hydrogen) atoms. The number of nitrogens with zero attached hydrogens (tertiary/aromatic N) is 7. The van der Waals surface area contributed by atoms with Crippen molar-refractivity contribution >= 4 is 32.1 Å². The van der Waals surface area contributed by atoms with Gasteiger partial charge in [0.25, 0.3) is 5.19 Å². The Kier molecular flexibility index (Phi) is 6.12. The molecule has 188 valence electrons. The lowest BCUT2D eigenvalue weighted by Crippen LogP contribution is -2.23. The van der Waals surface area contributed by atoms with Gasteiger partial charge in [-0.3, -0.25) is 4.90 Å². The quantitative estimate of drug-likeness (QED) is 0.350. The lowest BCUT2D eigenvalue weighted by molar-refractivity contribution is 0.256. The summed E-state index contributed by atoms with van der Waals surface area (Å²) in [5.41, 5.74) is 3.01. The van der Waals surface area contributed by atoms with Gasteiger partial charge in [0.05, 0.1) is 11.9 Å². The highest BCUT2D eigenvalue weighted by Gasteiger charge is 2.20. The summed E-state index contributed by atoms with van der Waals surface area (Å²) in [6.45, 7) is 8.35. The second-order valence-electron chi connectivity index (χ2n) is 8.80. The van der Waals surface area contributed by atoms with E-state index in [1.807, 2.05) is 37.9 Å². The predicted molar refractivity (Wildman–Crippen MR) is 135 cm³/mol. The number of sulfone groups is 1. The molecular weight excluding hydrogens is 502 g/mol. The summed E-state index contributed by atoms with van der Waals surface area (Å²) >= 11 is 1.33. The molecule has 5 heterocycles. The lowest BCUT2D eigenvalue weighted by atomic mass is 10.1. The van der Waals surface area contributed by atoms with Crippen LogP contribution in [0.25, 0.3) is 16.2 Å². The first kappa shape index (κ1) is 24.1. The van der Waals surface area contributed by atoms with Crippen molar-refractivity contribution in [2.75, 3.05) is 17.7 Å². The van der Waals surface area contributed by atoms with Crippen LogP contribution < -0.4 is 9.64 Å². The maximum Gasteiger partial charge on any atom is 0.328 e. The fourth-order valence-corrected chi connectivity index (χ4v) is 5.05. The van der Waals surface area contributed by atoms with Gasteiger partial charge in [-0.1, -0.05) is 25.1 Å². The summed E-state index contributed by atoms with van der Waals surface area (Å²) in [4.78, 5) is 15.8. The monoisotopic (exact) mass is 527 g/mol. The largest absolute Gasteiger partial charge is 0.461 e. The molecule has 0 saturated heterocycles. The molecule has 4 aromatic heterocycles. The van der Waals surface area contributed by atoms with Gasteiger partial charge in [-0.15, -0.1) is 5.10 Å². The van der Waals surface area contributed by atoms with E-state index in [4.69, 9.17) is 9.26 Å². The van der Waals surface area contributed by atoms with Crippen LogP contribution in [0, 0.1) is 6.92 Å². The number of hydrogen-bond donors (Lipinski definition) is 0. The van der Waals surface area contributed by atoms with Crippen molar-refractivity contribution in [1.82, 2.24) is 29.7 Å². The molecule has 5 rings (SSSR count). The SMILES string of the molecule is Cc1nc(S(C)(=O)=O)ccc1-c1cn2nc(O[C@@H](C)C3=CCN(c4nc(C(C)C)no4)C=C3)sc2n1. The number of fused-ring (bicyclic) bond motifs is 1. The van der Waals surface area contributed by atoms with E-state index in [-0.39, 0.29) is 17.0 Å². The number of anilines is 1. The summed E-state index contributed by atoms with van der Waals surface area (Å²) < 4.78 is 36.6. The molecule has 0 aromatic carbocycles. The van der Waals surface area contributed by atoms with E-state index >= 15 is 0 Å². The zero-order valence-electron chi connectivity index (χ0n) is 20.4. The second kappa shape index (κ2) is 9.13. The topological polar surface area (TPSA) is 129 Å². The lowest BCUT2D eigenvalue weighted by Gasteiger charge is -2.21. The van der Waals surface area contributed by atoms with Crippen LogP contribution in [0.2, 0.25) is 0 Å². The number of imidazole rings is 1. The summed E-state index contributed by atoms with van der Waals surface area (Å²) in [6, 6.07) is 3.67. The predicted octanol–water partition coefficient (Wildman–Crippen LogP) is 3.80.